The van der Waals surface area contributed by atoms with E-state index in [4.69, 9.17) is 32.9 Å². The molecule has 0 aliphatic carbocycles. The predicted octanol–water partition coefficient (Wildman–Crippen LogP) is 4.22. The summed E-state index contributed by atoms with van der Waals surface area (Å²) in [7, 11) is 1.15. The number of carbonyl (C=O) groups excluding carboxylic acids is 1. The van der Waals surface area contributed by atoms with Gasteiger partial charge in [0.25, 0.3) is 0 Å². The van der Waals surface area contributed by atoms with Gasteiger partial charge >= 0.3 is 5.97 Å². The standard InChI is InChI=1S/C21H21Cl2FN4O3/c1-30-21(29)16(24)11-31-10-13-3-2-7-28(13)18-9-17(27-8-6-25-12-27)14-4-5-15(22)19(23)20(14)26-18/h4-6,8-9,12-13,16H,2-3,7,10-11H2,1H3. The number of benzene rings is 1. The molecule has 3 heterocycles. The Kier molecular flexibility index (Phi) is 6.60. The van der Waals surface area contributed by atoms with E-state index in [2.05, 4.69) is 14.6 Å². The van der Waals surface area contributed by atoms with Crippen molar-refractivity contribution in [2.75, 3.05) is 31.8 Å². The maximum atomic E-state index is 13.7. The Morgan fingerprint density at radius 1 is 1.39 bits per heavy atom. The van der Waals surface area contributed by atoms with E-state index in [0.29, 0.717) is 15.6 Å². The molecule has 2 atom stereocenters. The first-order chi connectivity index (χ1) is 15.0. The number of esters is 1. The summed E-state index contributed by atoms with van der Waals surface area (Å²) in [5.74, 6) is -0.216. The number of pyridine rings is 1. The second kappa shape index (κ2) is 9.38. The Hall–Kier alpha value is -2.42. The molecule has 2 aromatic heterocycles. The molecule has 0 amide bonds. The highest BCUT2D eigenvalue weighted by molar-refractivity contribution is 6.45. The van der Waals surface area contributed by atoms with E-state index in [-0.39, 0.29) is 19.3 Å². The minimum absolute atomic E-state index is 0.0107. The number of ether oxygens (including phenoxy) is 2. The molecular formula is C21H21Cl2FN4O3. The van der Waals surface area contributed by atoms with Crippen LogP contribution in [0.5, 0.6) is 0 Å². The van der Waals surface area contributed by atoms with Crippen molar-refractivity contribution in [3.8, 4) is 5.69 Å². The highest BCUT2D eigenvalue weighted by Crippen LogP contribution is 2.36. The van der Waals surface area contributed by atoms with Crippen LogP contribution in [0.25, 0.3) is 16.6 Å². The first kappa shape index (κ1) is 21.8. The molecule has 1 aliphatic rings. The molecule has 0 radical (unpaired) electrons. The van der Waals surface area contributed by atoms with Crippen molar-refractivity contribution in [3.63, 3.8) is 0 Å². The second-order valence-electron chi connectivity index (χ2n) is 7.24. The Morgan fingerprint density at radius 2 is 2.23 bits per heavy atom. The van der Waals surface area contributed by atoms with Crippen LogP contribution in [0.3, 0.4) is 0 Å². The average molecular weight is 467 g/mol. The number of anilines is 1. The fraction of sp³-hybridized carbons (Fsp3) is 0.381. The number of rotatable bonds is 7. The maximum absolute atomic E-state index is 13.7. The lowest BCUT2D eigenvalue weighted by molar-refractivity contribution is -0.148. The van der Waals surface area contributed by atoms with Gasteiger partial charge in [0.2, 0.25) is 6.17 Å². The molecular weight excluding hydrogens is 446 g/mol. The van der Waals surface area contributed by atoms with Crippen molar-refractivity contribution in [3.05, 3.63) is 47.0 Å². The van der Waals surface area contributed by atoms with Crippen LogP contribution in [-0.2, 0) is 14.3 Å². The smallest absolute Gasteiger partial charge is 0.342 e. The van der Waals surface area contributed by atoms with Crippen LogP contribution in [0.15, 0.2) is 36.9 Å². The van der Waals surface area contributed by atoms with Crippen molar-refractivity contribution in [2.24, 2.45) is 0 Å². The maximum Gasteiger partial charge on any atom is 0.342 e. The number of carbonyl (C=O) groups is 1. The fourth-order valence-electron chi connectivity index (χ4n) is 3.78. The van der Waals surface area contributed by atoms with Gasteiger partial charge in [-0.1, -0.05) is 23.2 Å². The summed E-state index contributed by atoms with van der Waals surface area (Å²) in [5.41, 5.74) is 1.47. The molecule has 31 heavy (non-hydrogen) atoms. The number of fused-ring (bicyclic) bond motifs is 1. The zero-order valence-electron chi connectivity index (χ0n) is 16.8. The van der Waals surface area contributed by atoms with Crippen LogP contribution in [0.4, 0.5) is 10.2 Å². The zero-order valence-corrected chi connectivity index (χ0v) is 18.3. The number of hydrogen-bond donors (Lipinski definition) is 0. The number of methoxy groups -OCH3 is 1. The number of aromatic nitrogens is 3. The van der Waals surface area contributed by atoms with Gasteiger partial charge in [0.05, 0.1) is 53.9 Å². The predicted molar refractivity (Wildman–Crippen MR) is 117 cm³/mol. The van der Waals surface area contributed by atoms with Gasteiger partial charge in [0, 0.05) is 30.4 Å². The van der Waals surface area contributed by atoms with Gasteiger partial charge in [-0.05, 0) is 25.0 Å². The van der Waals surface area contributed by atoms with Crippen LogP contribution in [0.2, 0.25) is 10.0 Å². The number of halogens is 3. The van der Waals surface area contributed by atoms with Crippen molar-refractivity contribution < 1.29 is 18.7 Å². The van der Waals surface area contributed by atoms with Crippen LogP contribution < -0.4 is 4.90 Å². The van der Waals surface area contributed by atoms with Gasteiger partial charge in [-0.25, -0.2) is 19.2 Å². The lowest BCUT2D eigenvalue weighted by Crippen LogP contribution is -2.35. The molecule has 1 aromatic carbocycles. The Balaban J connectivity index is 1.63. The van der Waals surface area contributed by atoms with Crippen molar-refractivity contribution >= 4 is 45.9 Å². The number of alkyl halides is 1. The largest absolute Gasteiger partial charge is 0.467 e. The van der Waals surface area contributed by atoms with Gasteiger partial charge in [0.1, 0.15) is 5.82 Å². The normalized spacial score (nSPS) is 17.3. The summed E-state index contributed by atoms with van der Waals surface area (Å²) in [6, 6.07) is 5.59. The molecule has 1 fully saturated rings. The molecule has 7 nitrogen and oxygen atoms in total. The van der Waals surface area contributed by atoms with E-state index in [1.165, 1.54) is 0 Å². The molecule has 0 N–H and O–H groups in total. The van der Waals surface area contributed by atoms with Gasteiger partial charge in [-0.2, -0.15) is 0 Å². The molecule has 3 aromatic rings. The first-order valence-corrected chi connectivity index (χ1v) is 10.6. The summed E-state index contributed by atoms with van der Waals surface area (Å²) < 4.78 is 25.5. The third-order valence-corrected chi connectivity index (χ3v) is 6.12. The summed E-state index contributed by atoms with van der Waals surface area (Å²) in [6.45, 7) is 0.689. The van der Waals surface area contributed by atoms with Gasteiger partial charge < -0.3 is 18.9 Å². The van der Waals surface area contributed by atoms with E-state index >= 15 is 0 Å². The Labute approximate surface area is 188 Å². The lowest BCUT2D eigenvalue weighted by Gasteiger charge is -2.27. The van der Waals surface area contributed by atoms with Gasteiger partial charge in [-0.3, -0.25) is 0 Å². The highest BCUT2D eigenvalue weighted by Gasteiger charge is 2.28. The van der Waals surface area contributed by atoms with Gasteiger partial charge in [0.15, 0.2) is 0 Å². The highest BCUT2D eigenvalue weighted by atomic mass is 35.5. The van der Waals surface area contributed by atoms with Crippen molar-refractivity contribution in [2.45, 2.75) is 25.1 Å². The van der Waals surface area contributed by atoms with Crippen LogP contribution in [0, 0.1) is 0 Å². The molecule has 1 aliphatic heterocycles. The second-order valence-corrected chi connectivity index (χ2v) is 8.03. The zero-order chi connectivity index (χ0) is 22.0. The topological polar surface area (TPSA) is 69.5 Å². The Bertz CT molecular complexity index is 1080. The van der Waals surface area contributed by atoms with Crippen LogP contribution >= 0.6 is 23.2 Å². The number of imidazole rings is 1. The number of nitrogens with zero attached hydrogens (tertiary/aromatic N) is 4. The summed E-state index contributed by atoms with van der Waals surface area (Å²) in [5, 5.41) is 1.66. The minimum atomic E-state index is -1.80. The molecule has 0 bridgehead atoms. The minimum Gasteiger partial charge on any atom is -0.467 e. The monoisotopic (exact) mass is 466 g/mol. The van der Waals surface area contributed by atoms with E-state index in [1.54, 1.807) is 18.6 Å². The van der Waals surface area contributed by atoms with Crippen LogP contribution in [0.1, 0.15) is 12.8 Å². The SMILES string of the molecule is COC(=O)C(F)COCC1CCCN1c1cc(-n2ccnc2)c2ccc(Cl)c(Cl)c2n1. The quantitative estimate of drug-likeness (QED) is 0.485. The van der Waals surface area contributed by atoms with E-state index in [0.717, 1.165) is 43.4 Å². The average Bonchev–Trinajstić information content (AvgIpc) is 3.47. The lowest BCUT2D eigenvalue weighted by atomic mass is 10.1. The summed E-state index contributed by atoms with van der Waals surface area (Å²) in [6.07, 6.45) is 5.25. The molecule has 1 saturated heterocycles. The third-order valence-electron chi connectivity index (χ3n) is 5.32. The molecule has 2 unspecified atom stereocenters. The molecule has 10 heteroatoms. The van der Waals surface area contributed by atoms with Crippen LogP contribution in [-0.4, -0.2) is 59.6 Å². The fourth-order valence-corrected chi connectivity index (χ4v) is 4.14. The molecule has 0 saturated carbocycles. The summed E-state index contributed by atoms with van der Waals surface area (Å²) in [4.78, 5) is 22.3. The Morgan fingerprint density at radius 3 is 2.97 bits per heavy atom. The first-order valence-electron chi connectivity index (χ1n) is 9.83. The molecule has 4 rings (SSSR count). The van der Waals surface area contributed by atoms with Crippen molar-refractivity contribution in [1.82, 2.24) is 14.5 Å². The van der Waals surface area contributed by atoms with Crippen molar-refractivity contribution in [1.29, 1.82) is 0 Å². The summed E-state index contributed by atoms with van der Waals surface area (Å²) >= 11 is 12.7. The molecule has 0 spiro atoms. The van der Waals surface area contributed by atoms with Gasteiger partial charge in [-0.15, -0.1) is 0 Å². The third kappa shape index (κ3) is 4.46. The van der Waals surface area contributed by atoms with E-state index < -0.39 is 12.1 Å². The van der Waals surface area contributed by atoms with E-state index in [1.807, 2.05) is 22.9 Å². The molecule has 164 valence electrons. The number of hydrogen-bond acceptors (Lipinski definition) is 6. The van der Waals surface area contributed by atoms with E-state index in [9.17, 15) is 9.18 Å².